The Hall–Kier alpha value is -2.31. The minimum Gasteiger partial charge on any atom is -0.333 e. The second-order valence-electron chi connectivity index (χ2n) is 8.44. The summed E-state index contributed by atoms with van der Waals surface area (Å²) in [6.07, 6.45) is 2.46. The molecule has 1 unspecified atom stereocenters. The summed E-state index contributed by atoms with van der Waals surface area (Å²) in [5.74, 6) is -0.0855. The van der Waals surface area contributed by atoms with E-state index >= 15 is 0 Å². The number of benzene rings is 1. The minimum absolute atomic E-state index is 0.00249. The first-order valence-corrected chi connectivity index (χ1v) is 11.2. The van der Waals surface area contributed by atoms with Crippen molar-refractivity contribution in [1.82, 2.24) is 15.1 Å². The van der Waals surface area contributed by atoms with Crippen LogP contribution in [0.2, 0.25) is 5.02 Å². The summed E-state index contributed by atoms with van der Waals surface area (Å²) in [6.45, 7) is 10.4. The normalized spacial score (nSPS) is 16.0. The average Bonchev–Trinajstić information content (AvgIpc) is 3.15. The molecule has 1 aliphatic heterocycles. The van der Waals surface area contributed by atoms with E-state index < -0.39 is 0 Å². The van der Waals surface area contributed by atoms with Gasteiger partial charge in [0.2, 0.25) is 5.91 Å². The number of thiophene rings is 1. The summed E-state index contributed by atoms with van der Waals surface area (Å²) in [6, 6.07) is 9.27. The highest BCUT2D eigenvalue weighted by molar-refractivity contribution is 7.10. The van der Waals surface area contributed by atoms with Gasteiger partial charge in [-0.1, -0.05) is 29.8 Å². The fourth-order valence-electron chi connectivity index (χ4n) is 3.62. The van der Waals surface area contributed by atoms with Crippen LogP contribution in [0.15, 0.2) is 48.4 Å². The zero-order chi connectivity index (χ0) is 21.9. The Balaban J connectivity index is 1.86. The molecule has 5 nitrogen and oxygen atoms in total. The maximum absolute atomic E-state index is 13.4. The average molecular weight is 446 g/mol. The van der Waals surface area contributed by atoms with E-state index in [0.29, 0.717) is 18.1 Å². The monoisotopic (exact) mass is 445 g/mol. The molecule has 1 atom stereocenters. The highest BCUT2D eigenvalue weighted by Gasteiger charge is 2.34. The molecule has 0 fully saturated rings. The van der Waals surface area contributed by atoms with Crippen LogP contribution >= 0.6 is 22.9 Å². The van der Waals surface area contributed by atoms with Gasteiger partial charge in [-0.2, -0.15) is 0 Å². The van der Waals surface area contributed by atoms with E-state index in [1.807, 2.05) is 49.9 Å². The van der Waals surface area contributed by atoms with Crippen LogP contribution in [0.4, 0.5) is 4.79 Å². The number of carbonyl (C=O) groups excluding carboxylic acids is 2. The van der Waals surface area contributed by atoms with E-state index in [9.17, 15) is 9.59 Å². The van der Waals surface area contributed by atoms with Crippen molar-refractivity contribution in [2.75, 3.05) is 19.6 Å². The third-order valence-corrected chi connectivity index (χ3v) is 6.17. The zero-order valence-corrected chi connectivity index (χ0v) is 19.2. The third kappa shape index (κ3) is 5.24. The van der Waals surface area contributed by atoms with E-state index in [0.717, 1.165) is 17.5 Å². The first-order chi connectivity index (χ1) is 14.2. The number of rotatable bonds is 5. The molecule has 1 aromatic carbocycles. The Kier molecular flexibility index (Phi) is 6.88. The number of fused-ring (bicyclic) bond motifs is 1. The van der Waals surface area contributed by atoms with Gasteiger partial charge in [0.25, 0.3) is 0 Å². The smallest absolute Gasteiger partial charge is 0.318 e. The van der Waals surface area contributed by atoms with Crippen LogP contribution in [0.25, 0.3) is 0 Å². The number of hydrogen-bond donors (Lipinski definition) is 1. The van der Waals surface area contributed by atoms with Crippen LogP contribution in [-0.4, -0.2) is 46.9 Å². The van der Waals surface area contributed by atoms with Gasteiger partial charge in [0.15, 0.2) is 0 Å². The van der Waals surface area contributed by atoms with E-state index in [-0.39, 0.29) is 30.1 Å². The van der Waals surface area contributed by atoms with Gasteiger partial charge in [0.1, 0.15) is 6.54 Å². The number of amides is 3. The molecule has 0 spiro atoms. The molecule has 3 amide bonds. The molecule has 30 heavy (non-hydrogen) atoms. The fourth-order valence-corrected chi connectivity index (χ4v) is 4.65. The molecule has 2 aromatic rings. The van der Waals surface area contributed by atoms with E-state index in [1.165, 1.54) is 9.78 Å². The lowest BCUT2D eigenvalue weighted by Crippen LogP contribution is -2.52. The van der Waals surface area contributed by atoms with Gasteiger partial charge < -0.3 is 15.1 Å². The predicted molar refractivity (Wildman–Crippen MR) is 123 cm³/mol. The molecule has 160 valence electrons. The Morgan fingerprint density at radius 1 is 1.30 bits per heavy atom. The summed E-state index contributed by atoms with van der Waals surface area (Å²) in [4.78, 5) is 30.8. The molecule has 0 aliphatic carbocycles. The lowest BCUT2D eigenvalue weighted by atomic mass is 9.93. The number of carbonyl (C=O) groups is 2. The molecule has 0 bridgehead atoms. The Bertz CT molecular complexity index is 917. The van der Waals surface area contributed by atoms with E-state index in [1.54, 1.807) is 17.4 Å². The maximum Gasteiger partial charge on any atom is 0.318 e. The van der Waals surface area contributed by atoms with Crippen molar-refractivity contribution < 1.29 is 9.59 Å². The Labute approximate surface area is 187 Å². The van der Waals surface area contributed by atoms with Crippen LogP contribution in [0.1, 0.15) is 42.8 Å². The maximum atomic E-state index is 13.4. The first-order valence-electron chi connectivity index (χ1n) is 9.99. The van der Waals surface area contributed by atoms with Crippen LogP contribution < -0.4 is 5.32 Å². The van der Waals surface area contributed by atoms with Crippen molar-refractivity contribution in [1.29, 1.82) is 0 Å². The van der Waals surface area contributed by atoms with Crippen molar-refractivity contribution >= 4 is 34.9 Å². The minimum atomic E-state index is -0.387. The second kappa shape index (κ2) is 9.23. The molecular weight excluding hydrogens is 418 g/mol. The molecule has 0 radical (unpaired) electrons. The number of nitrogens with zero attached hydrogens (tertiary/aromatic N) is 2. The fraction of sp³-hybridized carbons (Fsp3) is 0.391. The highest BCUT2D eigenvalue weighted by Crippen LogP contribution is 2.38. The van der Waals surface area contributed by atoms with Crippen molar-refractivity contribution in [3.05, 3.63) is 69.4 Å². The third-order valence-electron chi connectivity index (χ3n) is 4.92. The number of urea groups is 1. The molecule has 0 saturated carbocycles. The summed E-state index contributed by atoms with van der Waals surface area (Å²) in [7, 11) is 0. The van der Waals surface area contributed by atoms with Crippen molar-refractivity contribution in [3.63, 3.8) is 0 Å². The highest BCUT2D eigenvalue weighted by atomic mass is 35.5. The van der Waals surface area contributed by atoms with Crippen molar-refractivity contribution in [3.8, 4) is 0 Å². The molecule has 1 aromatic heterocycles. The van der Waals surface area contributed by atoms with E-state index in [4.69, 9.17) is 11.6 Å². The number of hydrogen-bond acceptors (Lipinski definition) is 3. The summed E-state index contributed by atoms with van der Waals surface area (Å²) in [5, 5.41) is 5.66. The molecule has 1 N–H and O–H groups in total. The molecule has 0 saturated heterocycles. The van der Waals surface area contributed by atoms with Crippen molar-refractivity contribution in [2.45, 2.75) is 38.8 Å². The standard InChI is InChI=1S/C23H28ClN3O2S/c1-5-12-26(22(29)25-23(2,3)4)15-20(28)27-13-10-19-18(11-14-30-19)21(27)16-6-8-17(24)9-7-16/h5-9,11,14,21H,1,10,12-13,15H2,2-4H3,(H,25,29). The Morgan fingerprint density at radius 3 is 2.63 bits per heavy atom. The number of halogens is 1. The second-order valence-corrected chi connectivity index (χ2v) is 9.88. The van der Waals surface area contributed by atoms with Gasteiger partial charge in [-0.15, -0.1) is 17.9 Å². The summed E-state index contributed by atoms with van der Waals surface area (Å²) >= 11 is 7.80. The van der Waals surface area contributed by atoms with Gasteiger partial charge in [-0.25, -0.2) is 4.79 Å². The predicted octanol–water partition coefficient (Wildman–Crippen LogP) is 4.87. The van der Waals surface area contributed by atoms with Gasteiger partial charge in [0.05, 0.1) is 6.04 Å². The lowest BCUT2D eigenvalue weighted by molar-refractivity contribution is -0.133. The SMILES string of the molecule is C=CCN(CC(=O)N1CCc2sccc2C1c1ccc(Cl)cc1)C(=O)NC(C)(C)C. The summed E-state index contributed by atoms with van der Waals surface area (Å²) < 4.78 is 0. The van der Waals surface area contributed by atoms with Gasteiger partial charge in [-0.3, -0.25) is 4.79 Å². The van der Waals surface area contributed by atoms with Crippen LogP contribution in [0.3, 0.4) is 0 Å². The largest absolute Gasteiger partial charge is 0.333 e. The van der Waals surface area contributed by atoms with Crippen LogP contribution in [-0.2, 0) is 11.2 Å². The first kappa shape index (κ1) is 22.4. The van der Waals surface area contributed by atoms with Gasteiger partial charge in [0, 0.05) is 28.5 Å². The molecule has 1 aliphatic rings. The van der Waals surface area contributed by atoms with Gasteiger partial charge >= 0.3 is 6.03 Å². The Morgan fingerprint density at radius 2 is 2.00 bits per heavy atom. The molecule has 7 heteroatoms. The molecule has 3 rings (SSSR count). The molecular formula is C23H28ClN3O2S. The number of nitrogens with one attached hydrogen (secondary N) is 1. The molecule has 2 heterocycles. The van der Waals surface area contributed by atoms with E-state index in [2.05, 4.69) is 23.3 Å². The topological polar surface area (TPSA) is 52.7 Å². The van der Waals surface area contributed by atoms with Crippen molar-refractivity contribution in [2.24, 2.45) is 0 Å². The quantitative estimate of drug-likeness (QED) is 0.667. The van der Waals surface area contributed by atoms with Gasteiger partial charge in [-0.05, 0) is 61.9 Å². The summed E-state index contributed by atoms with van der Waals surface area (Å²) in [5.41, 5.74) is 1.78. The van der Waals surface area contributed by atoms with Crippen LogP contribution in [0, 0.1) is 0 Å². The zero-order valence-electron chi connectivity index (χ0n) is 17.7. The van der Waals surface area contributed by atoms with Crippen LogP contribution in [0.5, 0.6) is 0 Å². The lowest BCUT2D eigenvalue weighted by Gasteiger charge is -2.38.